The third-order valence-corrected chi connectivity index (χ3v) is 2.26. The Balaban J connectivity index is 3.81. The van der Waals surface area contributed by atoms with Crippen molar-refractivity contribution in [2.24, 2.45) is 10.4 Å². The van der Waals surface area contributed by atoms with Gasteiger partial charge in [-0.3, -0.25) is 0 Å². The summed E-state index contributed by atoms with van der Waals surface area (Å²) in [5.41, 5.74) is -1.22. The number of unbranched alkanes of at least 4 members (excludes halogenated alkanes) is 2. The van der Waals surface area contributed by atoms with Crippen LogP contribution in [0.15, 0.2) is 34.7 Å². The van der Waals surface area contributed by atoms with E-state index in [0.717, 1.165) is 19.3 Å². The van der Waals surface area contributed by atoms with Crippen LogP contribution in [0, 0.1) is 9.81 Å². The zero-order valence-electron chi connectivity index (χ0n) is 11.1. The molecular weight excluding hydrogens is 216 g/mol. The van der Waals surface area contributed by atoms with Crippen LogP contribution < -0.4 is 0 Å². The molecule has 0 aliphatic heterocycles. The van der Waals surface area contributed by atoms with Crippen LogP contribution in [-0.4, -0.2) is 11.1 Å². The second kappa shape index (κ2) is 7.09. The highest BCUT2D eigenvalue weighted by atomic mass is 16.3. The van der Waals surface area contributed by atoms with E-state index in [1.54, 1.807) is 27.7 Å². The summed E-state index contributed by atoms with van der Waals surface area (Å²) in [5.74, 6) is 0. The van der Waals surface area contributed by atoms with Crippen LogP contribution >= 0.6 is 0 Å². The van der Waals surface area contributed by atoms with Crippen molar-refractivity contribution in [1.82, 2.24) is 0 Å². The molecular formula is C13H22N2O2. The van der Waals surface area contributed by atoms with E-state index < -0.39 is 11.1 Å². The van der Waals surface area contributed by atoms with Gasteiger partial charge in [-0.05, 0) is 47.0 Å². The molecule has 0 fully saturated rings. The van der Waals surface area contributed by atoms with Crippen molar-refractivity contribution in [3.05, 3.63) is 34.1 Å². The Morgan fingerprint density at radius 1 is 0.824 bits per heavy atom. The Hall–Kier alpha value is -1.32. The minimum atomic E-state index is -0.612. The Labute approximate surface area is 103 Å². The van der Waals surface area contributed by atoms with Crippen molar-refractivity contribution < 1.29 is 0 Å². The third-order valence-electron chi connectivity index (χ3n) is 2.26. The van der Waals surface area contributed by atoms with Gasteiger partial charge in [-0.15, -0.1) is 9.81 Å². The highest BCUT2D eigenvalue weighted by Gasteiger charge is 2.12. The molecule has 0 saturated carbocycles. The van der Waals surface area contributed by atoms with Crippen molar-refractivity contribution in [3.63, 3.8) is 0 Å². The van der Waals surface area contributed by atoms with Gasteiger partial charge in [0.05, 0.1) is 0 Å². The van der Waals surface area contributed by atoms with Crippen molar-refractivity contribution in [3.8, 4) is 0 Å². The SMILES string of the molecule is CC(C)(C=CCCCC=CC(C)(C)N=O)N=O. The summed E-state index contributed by atoms with van der Waals surface area (Å²) in [5, 5.41) is 6.00. The zero-order chi connectivity index (χ0) is 13.4. The Morgan fingerprint density at radius 2 is 1.18 bits per heavy atom. The lowest BCUT2D eigenvalue weighted by Gasteiger charge is -2.08. The molecule has 0 aromatic heterocycles. The fourth-order valence-electron chi connectivity index (χ4n) is 1.16. The molecule has 0 aliphatic rings. The van der Waals surface area contributed by atoms with Crippen LogP contribution in [0.1, 0.15) is 47.0 Å². The van der Waals surface area contributed by atoms with Gasteiger partial charge in [0, 0.05) is 0 Å². The molecule has 0 unspecified atom stereocenters. The normalized spacial score (nSPS) is 13.4. The molecule has 0 aliphatic carbocycles. The average molecular weight is 238 g/mol. The van der Waals surface area contributed by atoms with Gasteiger partial charge in [-0.1, -0.05) is 34.7 Å². The van der Waals surface area contributed by atoms with Crippen molar-refractivity contribution in [2.75, 3.05) is 0 Å². The summed E-state index contributed by atoms with van der Waals surface area (Å²) in [4.78, 5) is 20.8. The fraction of sp³-hybridized carbons (Fsp3) is 0.692. The van der Waals surface area contributed by atoms with E-state index in [9.17, 15) is 9.81 Å². The molecule has 4 heteroatoms. The second-order valence-corrected chi connectivity index (χ2v) is 5.23. The lowest BCUT2D eigenvalue weighted by atomic mass is 10.0. The Morgan fingerprint density at radius 3 is 1.47 bits per heavy atom. The maximum absolute atomic E-state index is 10.4. The van der Waals surface area contributed by atoms with E-state index in [1.165, 1.54) is 0 Å². The third kappa shape index (κ3) is 8.48. The monoisotopic (exact) mass is 238 g/mol. The first-order valence-corrected chi connectivity index (χ1v) is 5.87. The van der Waals surface area contributed by atoms with Crippen molar-refractivity contribution in [2.45, 2.75) is 58.0 Å². The molecule has 0 atom stereocenters. The van der Waals surface area contributed by atoms with Crippen LogP contribution in [0.2, 0.25) is 0 Å². The highest BCUT2D eigenvalue weighted by Crippen LogP contribution is 2.13. The number of nitroso groups, excluding NO2 is 2. The van der Waals surface area contributed by atoms with Gasteiger partial charge in [0.15, 0.2) is 0 Å². The van der Waals surface area contributed by atoms with E-state index in [4.69, 9.17) is 0 Å². The van der Waals surface area contributed by atoms with E-state index >= 15 is 0 Å². The topological polar surface area (TPSA) is 58.9 Å². The van der Waals surface area contributed by atoms with Gasteiger partial charge in [0.2, 0.25) is 0 Å². The van der Waals surface area contributed by atoms with Gasteiger partial charge in [0.1, 0.15) is 11.1 Å². The van der Waals surface area contributed by atoms with Gasteiger partial charge >= 0.3 is 0 Å². The van der Waals surface area contributed by atoms with Gasteiger partial charge in [0.25, 0.3) is 0 Å². The molecule has 0 amide bonds. The average Bonchev–Trinajstić information content (AvgIpc) is 2.27. The summed E-state index contributed by atoms with van der Waals surface area (Å²) in [6, 6.07) is 0. The largest absolute Gasteiger partial charge is 0.150 e. The molecule has 0 radical (unpaired) electrons. The van der Waals surface area contributed by atoms with E-state index in [2.05, 4.69) is 10.4 Å². The first kappa shape index (κ1) is 15.7. The first-order chi connectivity index (χ1) is 7.83. The molecule has 0 spiro atoms. The molecule has 0 N–H and O–H groups in total. The van der Waals surface area contributed by atoms with Crippen molar-refractivity contribution >= 4 is 0 Å². The standard InChI is InChI=1S/C13H22N2O2/c1-12(2,14-16)10-8-6-5-7-9-11-13(3,4)15-17/h8-11H,5-7H2,1-4H3. The lowest BCUT2D eigenvalue weighted by Crippen LogP contribution is -2.10. The van der Waals surface area contributed by atoms with Crippen LogP contribution in [0.3, 0.4) is 0 Å². The quantitative estimate of drug-likeness (QED) is 0.358. The first-order valence-electron chi connectivity index (χ1n) is 5.87. The molecule has 0 bridgehead atoms. The molecule has 0 saturated heterocycles. The highest BCUT2D eigenvalue weighted by molar-refractivity contribution is 5.02. The predicted octanol–water partition coefficient (Wildman–Crippen LogP) is 4.36. The molecule has 0 rings (SSSR count). The summed E-state index contributed by atoms with van der Waals surface area (Å²) in [6.07, 6.45) is 10.4. The molecule has 96 valence electrons. The van der Waals surface area contributed by atoms with E-state index in [0.29, 0.717) is 0 Å². The summed E-state index contributed by atoms with van der Waals surface area (Å²) in [7, 11) is 0. The smallest absolute Gasteiger partial charge is 0.115 e. The molecule has 4 nitrogen and oxygen atoms in total. The maximum Gasteiger partial charge on any atom is 0.115 e. The minimum Gasteiger partial charge on any atom is -0.150 e. The molecule has 17 heavy (non-hydrogen) atoms. The minimum absolute atomic E-state index is 0.612. The Kier molecular flexibility index (Phi) is 6.54. The summed E-state index contributed by atoms with van der Waals surface area (Å²) < 4.78 is 0. The number of allylic oxidation sites excluding steroid dienone is 2. The second-order valence-electron chi connectivity index (χ2n) is 5.23. The molecule has 0 heterocycles. The molecule has 0 aromatic carbocycles. The number of hydrogen-bond donors (Lipinski definition) is 0. The van der Waals surface area contributed by atoms with Gasteiger partial charge in [-0.2, -0.15) is 0 Å². The summed E-state index contributed by atoms with van der Waals surface area (Å²) >= 11 is 0. The number of nitrogens with zero attached hydrogens (tertiary/aromatic N) is 2. The van der Waals surface area contributed by atoms with Crippen LogP contribution in [-0.2, 0) is 0 Å². The van der Waals surface area contributed by atoms with Crippen molar-refractivity contribution in [1.29, 1.82) is 0 Å². The van der Waals surface area contributed by atoms with Crippen LogP contribution in [0.25, 0.3) is 0 Å². The van der Waals surface area contributed by atoms with E-state index in [1.807, 2.05) is 24.3 Å². The molecule has 0 aromatic rings. The fourth-order valence-corrected chi connectivity index (χ4v) is 1.16. The van der Waals surface area contributed by atoms with Gasteiger partial charge in [-0.25, -0.2) is 0 Å². The zero-order valence-corrected chi connectivity index (χ0v) is 11.1. The maximum atomic E-state index is 10.4. The number of hydrogen-bond acceptors (Lipinski definition) is 4. The van der Waals surface area contributed by atoms with Crippen LogP contribution in [0.4, 0.5) is 0 Å². The van der Waals surface area contributed by atoms with Gasteiger partial charge < -0.3 is 0 Å². The lowest BCUT2D eigenvalue weighted by molar-refractivity contribution is 0.643. The summed E-state index contributed by atoms with van der Waals surface area (Å²) in [6.45, 7) is 7.09. The number of rotatable bonds is 8. The van der Waals surface area contributed by atoms with E-state index in [-0.39, 0.29) is 0 Å². The predicted molar refractivity (Wildman–Crippen MR) is 71.9 cm³/mol. The van der Waals surface area contributed by atoms with Crippen LogP contribution in [0.5, 0.6) is 0 Å². The Bertz CT molecular complexity index is 275.